The zero-order valence-electron chi connectivity index (χ0n) is 13.4. The number of hydrogen-bond acceptors (Lipinski definition) is 6. The molecule has 3 N–H and O–H groups in total. The molecule has 3 aromatic rings. The molecule has 0 unspecified atom stereocenters. The Kier molecular flexibility index (Phi) is 4.48. The largest absolute Gasteiger partial charge is 0.405 e. The Morgan fingerprint density at radius 3 is 2.42 bits per heavy atom. The minimum Gasteiger partial charge on any atom is -0.360 e. The highest BCUT2D eigenvalue weighted by Gasteiger charge is 2.27. The summed E-state index contributed by atoms with van der Waals surface area (Å²) in [6.07, 6.45) is -1.75. The lowest BCUT2D eigenvalue weighted by Crippen LogP contribution is -2.22. The molecule has 0 spiro atoms. The van der Waals surface area contributed by atoms with Gasteiger partial charge in [-0.05, 0) is 30.3 Å². The van der Waals surface area contributed by atoms with E-state index in [9.17, 15) is 21.6 Å². The van der Waals surface area contributed by atoms with E-state index in [1.165, 1.54) is 24.3 Å². The first-order valence-electron chi connectivity index (χ1n) is 7.35. The van der Waals surface area contributed by atoms with Crippen LogP contribution in [0.5, 0.6) is 0 Å². The van der Waals surface area contributed by atoms with Gasteiger partial charge in [-0.15, -0.1) is 0 Å². The second-order valence-corrected chi connectivity index (χ2v) is 7.54. The number of hydrogen-bond donors (Lipinski definition) is 3. The van der Waals surface area contributed by atoms with Crippen molar-refractivity contribution in [2.24, 2.45) is 0 Å². The number of alkyl halides is 3. The summed E-state index contributed by atoms with van der Waals surface area (Å²) in [5.41, 5.74) is 0.852. The predicted molar refractivity (Wildman–Crippen MR) is 91.3 cm³/mol. The Labute approximate surface area is 146 Å². The molecule has 7 nitrogen and oxygen atoms in total. The number of aromatic amines is 1. The maximum Gasteiger partial charge on any atom is 0.405 e. The highest BCUT2D eigenvalue weighted by atomic mass is 32.2. The van der Waals surface area contributed by atoms with E-state index in [4.69, 9.17) is 0 Å². The zero-order chi connectivity index (χ0) is 18.9. The van der Waals surface area contributed by atoms with Crippen molar-refractivity contribution in [3.8, 4) is 0 Å². The van der Waals surface area contributed by atoms with Crippen LogP contribution in [0.15, 0.2) is 41.4 Å². The quantitative estimate of drug-likeness (QED) is 0.624. The molecule has 0 fully saturated rings. The number of benzene rings is 1. The molecule has 0 aliphatic carbocycles. The number of sulfone groups is 1. The lowest BCUT2D eigenvalue weighted by molar-refractivity contribution is -0.115. The average Bonchev–Trinajstić information content (AvgIpc) is 3.00. The van der Waals surface area contributed by atoms with Crippen LogP contribution in [0.3, 0.4) is 0 Å². The van der Waals surface area contributed by atoms with Crippen LogP contribution in [0.4, 0.5) is 30.6 Å². The second-order valence-electron chi connectivity index (χ2n) is 5.53. The van der Waals surface area contributed by atoms with Crippen molar-refractivity contribution >= 4 is 38.3 Å². The summed E-state index contributed by atoms with van der Waals surface area (Å²) in [7, 11) is -3.32. The van der Waals surface area contributed by atoms with E-state index in [1.54, 1.807) is 12.3 Å². The van der Waals surface area contributed by atoms with E-state index in [1.807, 2.05) is 0 Å². The Morgan fingerprint density at radius 2 is 1.81 bits per heavy atom. The molecule has 0 atom stereocenters. The van der Waals surface area contributed by atoms with Crippen LogP contribution in [0.25, 0.3) is 11.0 Å². The molecule has 0 aliphatic heterocycles. The first kappa shape index (κ1) is 18.0. The number of nitrogens with zero attached hydrogens (tertiary/aromatic N) is 2. The van der Waals surface area contributed by atoms with Crippen LogP contribution in [0, 0.1) is 0 Å². The molecule has 2 heterocycles. The van der Waals surface area contributed by atoms with E-state index in [2.05, 4.69) is 25.6 Å². The van der Waals surface area contributed by atoms with Crippen LogP contribution in [0.2, 0.25) is 0 Å². The van der Waals surface area contributed by atoms with Crippen LogP contribution < -0.4 is 10.6 Å². The summed E-state index contributed by atoms with van der Waals surface area (Å²) in [4.78, 5) is 11.2. The van der Waals surface area contributed by atoms with Crippen molar-refractivity contribution in [2.45, 2.75) is 11.1 Å². The van der Waals surface area contributed by atoms with Crippen molar-refractivity contribution in [1.29, 1.82) is 0 Å². The van der Waals surface area contributed by atoms with Gasteiger partial charge in [0.15, 0.2) is 9.84 Å². The van der Waals surface area contributed by atoms with Gasteiger partial charge in [-0.1, -0.05) is 0 Å². The van der Waals surface area contributed by atoms with Gasteiger partial charge in [0.05, 0.1) is 10.3 Å². The highest BCUT2D eigenvalue weighted by Crippen LogP contribution is 2.25. The van der Waals surface area contributed by atoms with Gasteiger partial charge in [0.1, 0.15) is 18.0 Å². The van der Waals surface area contributed by atoms with Crippen LogP contribution in [-0.4, -0.2) is 42.3 Å². The number of anilines is 3. The monoisotopic (exact) mass is 385 g/mol. The number of fused-ring (bicyclic) bond motifs is 1. The van der Waals surface area contributed by atoms with E-state index >= 15 is 0 Å². The molecule has 2 aromatic heterocycles. The van der Waals surface area contributed by atoms with Crippen LogP contribution >= 0.6 is 0 Å². The summed E-state index contributed by atoms with van der Waals surface area (Å²) in [5, 5.41) is 5.52. The van der Waals surface area contributed by atoms with Crippen molar-refractivity contribution in [3.63, 3.8) is 0 Å². The maximum atomic E-state index is 12.5. The number of aromatic nitrogens is 3. The topological polar surface area (TPSA) is 99.8 Å². The molecule has 1 aromatic carbocycles. The Morgan fingerprint density at radius 1 is 1.12 bits per heavy atom. The minimum atomic E-state index is -4.39. The number of halogens is 3. The number of H-pyrrole nitrogens is 1. The number of nitrogens with one attached hydrogen (secondary N) is 3. The van der Waals surface area contributed by atoms with Gasteiger partial charge in [-0.3, -0.25) is 0 Å². The smallest absolute Gasteiger partial charge is 0.360 e. The van der Waals surface area contributed by atoms with E-state index in [-0.39, 0.29) is 16.7 Å². The third-order valence-electron chi connectivity index (χ3n) is 3.41. The SMILES string of the molecule is CS(=O)(=O)c1ccc(Nc2nc(NCC(F)(F)F)c3cc[nH]c3n2)cc1. The molecule has 26 heavy (non-hydrogen) atoms. The molecule has 3 rings (SSSR count). The first-order chi connectivity index (χ1) is 12.1. The van der Waals surface area contributed by atoms with Crippen molar-refractivity contribution in [1.82, 2.24) is 15.0 Å². The van der Waals surface area contributed by atoms with Gasteiger partial charge in [0.25, 0.3) is 0 Å². The number of rotatable bonds is 5. The fourth-order valence-electron chi connectivity index (χ4n) is 2.23. The van der Waals surface area contributed by atoms with Crippen molar-refractivity contribution in [2.75, 3.05) is 23.4 Å². The molecular weight excluding hydrogens is 371 g/mol. The lowest BCUT2D eigenvalue weighted by Gasteiger charge is -2.12. The Balaban J connectivity index is 1.88. The molecule has 0 saturated carbocycles. The fourth-order valence-corrected chi connectivity index (χ4v) is 2.86. The van der Waals surface area contributed by atoms with Crippen LogP contribution in [0.1, 0.15) is 0 Å². The van der Waals surface area contributed by atoms with Gasteiger partial charge in [0.2, 0.25) is 5.95 Å². The summed E-state index contributed by atoms with van der Waals surface area (Å²) >= 11 is 0. The van der Waals surface area contributed by atoms with Gasteiger partial charge in [-0.2, -0.15) is 23.1 Å². The van der Waals surface area contributed by atoms with Crippen molar-refractivity contribution < 1.29 is 21.6 Å². The highest BCUT2D eigenvalue weighted by molar-refractivity contribution is 7.90. The predicted octanol–water partition coefficient (Wildman–Crippen LogP) is 3.08. The van der Waals surface area contributed by atoms with E-state index in [0.717, 1.165) is 6.26 Å². The molecule has 0 amide bonds. The average molecular weight is 385 g/mol. The Hall–Kier alpha value is -2.82. The van der Waals surface area contributed by atoms with Gasteiger partial charge in [-0.25, -0.2) is 8.42 Å². The third kappa shape index (κ3) is 4.23. The molecular formula is C15H14F3N5O2S. The normalized spacial score (nSPS) is 12.3. The fraction of sp³-hybridized carbons (Fsp3) is 0.200. The summed E-state index contributed by atoms with van der Waals surface area (Å²) in [5.74, 6) is 0.0977. The molecule has 0 aliphatic rings. The molecule has 0 radical (unpaired) electrons. The van der Waals surface area contributed by atoms with Gasteiger partial charge >= 0.3 is 6.18 Å². The maximum absolute atomic E-state index is 12.5. The summed E-state index contributed by atoms with van der Waals surface area (Å²) in [6.45, 7) is -1.23. The van der Waals surface area contributed by atoms with E-state index < -0.39 is 22.6 Å². The van der Waals surface area contributed by atoms with Crippen molar-refractivity contribution in [3.05, 3.63) is 36.5 Å². The van der Waals surface area contributed by atoms with Crippen LogP contribution in [-0.2, 0) is 9.84 Å². The first-order valence-corrected chi connectivity index (χ1v) is 9.24. The zero-order valence-corrected chi connectivity index (χ0v) is 14.2. The van der Waals surface area contributed by atoms with Gasteiger partial charge < -0.3 is 15.6 Å². The lowest BCUT2D eigenvalue weighted by atomic mass is 10.3. The molecule has 0 bridgehead atoms. The Bertz CT molecular complexity index is 1030. The second kappa shape index (κ2) is 6.48. The standard InChI is InChI=1S/C15H14F3N5O2S/c1-26(24,25)10-4-2-9(3-5-10)21-14-22-12-11(6-7-19-12)13(23-14)20-8-15(16,17)18/h2-7H,8H2,1H3,(H3,19,20,21,22,23). The molecule has 138 valence electrons. The molecule has 0 saturated heterocycles. The van der Waals surface area contributed by atoms with E-state index in [0.29, 0.717) is 16.7 Å². The summed E-state index contributed by atoms with van der Waals surface area (Å²) < 4.78 is 60.3. The van der Waals surface area contributed by atoms with Gasteiger partial charge in [0, 0.05) is 18.1 Å². The summed E-state index contributed by atoms with van der Waals surface area (Å²) in [6, 6.07) is 7.42. The third-order valence-corrected chi connectivity index (χ3v) is 4.54. The minimum absolute atomic E-state index is 0.0313. The molecule has 11 heteroatoms.